The molecule has 100 valence electrons. The molecule has 0 fully saturated rings. The molecule has 0 spiro atoms. The van der Waals surface area contributed by atoms with Gasteiger partial charge in [-0.05, 0) is 35.0 Å². The average molecular weight is 331 g/mol. The predicted octanol–water partition coefficient (Wildman–Crippen LogP) is 4.24. The van der Waals surface area contributed by atoms with E-state index in [4.69, 9.17) is 4.74 Å². The van der Waals surface area contributed by atoms with Crippen LogP contribution in [0.1, 0.15) is 15.9 Å². The zero-order valence-electron chi connectivity index (χ0n) is 10.7. The van der Waals surface area contributed by atoms with E-state index < -0.39 is 0 Å². The average Bonchev–Trinajstić information content (AvgIpc) is 2.83. The van der Waals surface area contributed by atoms with E-state index in [1.165, 1.54) is 0 Å². The Morgan fingerprint density at radius 2 is 2.20 bits per heavy atom. The number of hydrogen-bond acceptors (Lipinski definition) is 3. The number of carbonyl (C=O) groups is 1. The standard InChI is InChI=1S/C15H11BrN2O2/c1-9-10(8-19)3-2-4-13(9)20-14-7-18-15-12(14)5-11(16)6-17-15/h2-8H,1H3,(H,17,18). The highest BCUT2D eigenvalue weighted by Crippen LogP contribution is 2.32. The number of aldehydes is 1. The number of carbonyl (C=O) groups excluding carboxylic acids is 1. The Kier molecular flexibility index (Phi) is 3.28. The van der Waals surface area contributed by atoms with Crippen molar-refractivity contribution in [2.45, 2.75) is 6.92 Å². The van der Waals surface area contributed by atoms with E-state index in [9.17, 15) is 4.79 Å². The van der Waals surface area contributed by atoms with Crippen LogP contribution in [0.4, 0.5) is 0 Å². The van der Waals surface area contributed by atoms with Gasteiger partial charge < -0.3 is 9.72 Å². The van der Waals surface area contributed by atoms with Crippen molar-refractivity contribution in [1.29, 1.82) is 0 Å². The summed E-state index contributed by atoms with van der Waals surface area (Å²) in [5.74, 6) is 1.34. The number of halogens is 1. The van der Waals surface area contributed by atoms with Gasteiger partial charge in [-0.2, -0.15) is 0 Å². The van der Waals surface area contributed by atoms with Crippen molar-refractivity contribution >= 4 is 33.2 Å². The lowest BCUT2D eigenvalue weighted by molar-refractivity contribution is 0.112. The summed E-state index contributed by atoms with van der Waals surface area (Å²) in [5.41, 5.74) is 2.20. The molecule has 1 N–H and O–H groups in total. The third kappa shape index (κ3) is 2.20. The number of nitrogens with one attached hydrogen (secondary N) is 1. The molecule has 20 heavy (non-hydrogen) atoms. The number of fused-ring (bicyclic) bond motifs is 1. The number of hydrogen-bond donors (Lipinski definition) is 1. The van der Waals surface area contributed by atoms with Crippen molar-refractivity contribution in [2.75, 3.05) is 0 Å². The van der Waals surface area contributed by atoms with Gasteiger partial charge in [0.1, 0.15) is 17.7 Å². The second-order valence-electron chi connectivity index (χ2n) is 4.39. The van der Waals surface area contributed by atoms with Crippen molar-refractivity contribution in [3.05, 3.63) is 52.3 Å². The molecule has 0 saturated heterocycles. The van der Waals surface area contributed by atoms with Gasteiger partial charge in [-0.3, -0.25) is 4.79 Å². The fourth-order valence-electron chi connectivity index (χ4n) is 2.03. The number of benzene rings is 1. The van der Waals surface area contributed by atoms with E-state index in [1.807, 2.05) is 19.1 Å². The molecule has 0 aliphatic heterocycles. The number of aromatic amines is 1. The van der Waals surface area contributed by atoms with Crippen LogP contribution in [0, 0.1) is 6.92 Å². The van der Waals surface area contributed by atoms with Crippen LogP contribution in [0.3, 0.4) is 0 Å². The third-order valence-corrected chi connectivity index (χ3v) is 3.57. The van der Waals surface area contributed by atoms with Crippen LogP contribution >= 0.6 is 15.9 Å². The van der Waals surface area contributed by atoms with Crippen LogP contribution in [0.5, 0.6) is 11.5 Å². The smallest absolute Gasteiger partial charge is 0.154 e. The SMILES string of the molecule is Cc1c(C=O)cccc1Oc1c[nH]c2ncc(Br)cc12. The van der Waals surface area contributed by atoms with Crippen LogP contribution in [0.25, 0.3) is 11.0 Å². The summed E-state index contributed by atoms with van der Waals surface area (Å²) in [7, 11) is 0. The second-order valence-corrected chi connectivity index (χ2v) is 5.31. The van der Waals surface area contributed by atoms with Gasteiger partial charge in [0, 0.05) is 28.0 Å². The maximum Gasteiger partial charge on any atom is 0.154 e. The number of nitrogens with zero attached hydrogens (tertiary/aromatic N) is 1. The lowest BCUT2D eigenvalue weighted by atomic mass is 10.1. The highest BCUT2D eigenvalue weighted by molar-refractivity contribution is 9.10. The van der Waals surface area contributed by atoms with E-state index in [0.29, 0.717) is 17.1 Å². The summed E-state index contributed by atoms with van der Waals surface area (Å²) in [6, 6.07) is 7.34. The van der Waals surface area contributed by atoms with Gasteiger partial charge in [-0.25, -0.2) is 4.98 Å². The molecule has 3 rings (SSSR count). The minimum Gasteiger partial charge on any atom is -0.455 e. The van der Waals surface area contributed by atoms with Crippen molar-refractivity contribution in [1.82, 2.24) is 9.97 Å². The molecule has 5 heteroatoms. The molecule has 0 unspecified atom stereocenters. The summed E-state index contributed by atoms with van der Waals surface area (Å²) in [6.45, 7) is 1.86. The molecule has 3 aromatic rings. The summed E-state index contributed by atoms with van der Waals surface area (Å²) in [5, 5.41) is 0.885. The fourth-order valence-corrected chi connectivity index (χ4v) is 2.36. The van der Waals surface area contributed by atoms with Gasteiger partial charge in [0.25, 0.3) is 0 Å². The minimum atomic E-state index is 0.627. The molecule has 0 amide bonds. The predicted molar refractivity (Wildman–Crippen MR) is 80.4 cm³/mol. The van der Waals surface area contributed by atoms with Gasteiger partial charge in [-0.15, -0.1) is 0 Å². The maximum atomic E-state index is 11.0. The Hall–Kier alpha value is -2.14. The topological polar surface area (TPSA) is 55.0 Å². The largest absolute Gasteiger partial charge is 0.455 e. The van der Waals surface area contributed by atoms with Crippen LogP contribution < -0.4 is 4.74 Å². The van der Waals surface area contributed by atoms with Gasteiger partial charge in [-0.1, -0.05) is 12.1 Å². The first-order valence-electron chi connectivity index (χ1n) is 6.04. The van der Waals surface area contributed by atoms with Crippen LogP contribution in [0.15, 0.2) is 41.1 Å². The molecule has 2 heterocycles. The molecular weight excluding hydrogens is 320 g/mol. The van der Waals surface area contributed by atoms with Gasteiger partial charge in [0.05, 0.1) is 5.39 Å². The molecule has 0 aliphatic carbocycles. The first kappa shape index (κ1) is 12.9. The summed E-state index contributed by atoms with van der Waals surface area (Å²) >= 11 is 3.40. The lowest BCUT2D eigenvalue weighted by Gasteiger charge is -2.09. The van der Waals surface area contributed by atoms with Gasteiger partial charge in [0.2, 0.25) is 0 Å². The Bertz CT molecular complexity index is 796. The summed E-state index contributed by atoms with van der Waals surface area (Å²) < 4.78 is 6.79. The van der Waals surface area contributed by atoms with E-state index in [-0.39, 0.29) is 0 Å². The first-order chi connectivity index (χ1) is 9.69. The quantitative estimate of drug-likeness (QED) is 0.731. The Morgan fingerprint density at radius 3 is 3.00 bits per heavy atom. The second kappa shape index (κ2) is 5.09. The fraction of sp³-hybridized carbons (Fsp3) is 0.0667. The molecule has 0 bridgehead atoms. The van der Waals surface area contributed by atoms with E-state index in [0.717, 1.165) is 27.4 Å². The van der Waals surface area contributed by atoms with Gasteiger partial charge in [0.15, 0.2) is 5.75 Å². The number of aromatic nitrogens is 2. The van der Waals surface area contributed by atoms with Crippen LogP contribution in [-0.2, 0) is 0 Å². The van der Waals surface area contributed by atoms with Crippen molar-refractivity contribution in [3.8, 4) is 11.5 Å². The molecule has 4 nitrogen and oxygen atoms in total. The normalized spacial score (nSPS) is 10.7. The Morgan fingerprint density at radius 1 is 1.35 bits per heavy atom. The minimum absolute atomic E-state index is 0.627. The van der Waals surface area contributed by atoms with Crippen LogP contribution in [0.2, 0.25) is 0 Å². The number of rotatable bonds is 3. The molecule has 0 saturated carbocycles. The molecule has 0 radical (unpaired) electrons. The monoisotopic (exact) mass is 330 g/mol. The molecular formula is C15H11BrN2O2. The zero-order valence-corrected chi connectivity index (χ0v) is 12.3. The molecule has 0 aliphatic rings. The third-order valence-electron chi connectivity index (χ3n) is 3.13. The summed E-state index contributed by atoms with van der Waals surface area (Å²) in [6.07, 6.45) is 4.31. The number of ether oxygens (including phenoxy) is 1. The van der Waals surface area contributed by atoms with Gasteiger partial charge >= 0.3 is 0 Å². The van der Waals surface area contributed by atoms with Crippen LogP contribution in [-0.4, -0.2) is 16.3 Å². The highest BCUT2D eigenvalue weighted by Gasteiger charge is 2.10. The van der Waals surface area contributed by atoms with E-state index >= 15 is 0 Å². The van der Waals surface area contributed by atoms with Crippen molar-refractivity contribution < 1.29 is 9.53 Å². The highest BCUT2D eigenvalue weighted by atomic mass is 79.9. The first-order valence-corrected chi connectivity index (χ1v) is 6.83. The molecule has 0 atom stereocenters. The van der Waals surface area contributed by atoms with Crippen molar-refractivity contribution in [3.63, 3.8) is 0 Å². The summed E-state index contributed by atoms with van der Waals surface area (Å²) in [4.78, 5) is 18.3. The Labute approximate surface area is 123 Å². The maximum absolute atomic E-state index is 11.0. The lowest BCUT2D eigenvalue weighted by Crippen LogP contribution is -1.91. The number of pyridine rings is 1. The number of H-pyrrole nitrogens is 1. The Balaban J connectivity index is 2.05. The molecule has 2 aromatic heterocycles. The van der Waals surface area contributed by atoms with E-state index in [1.54, 1.807) is 24.5 Å². The molecule has 1 aromatic carbocycles. The van der Waals surface area contributed by atoms with E-state index in [2.05, 4.69) is 25.9 Å². The van der Waals surface area contributed by atoms with Crippen molar-refractivity contribution in [2.24, 2.45) is 0 Å². The zero-order chi connectivity index (χ0) is 14.1.